The molecule has 1 aromatic carbocycles. The number of halogens is 2. The predicted molar refractivity (Wildman–Crippen MR) is 73.9 cm³/mol. The zero-order valence-corrected chi connectivity index (χ0v) is 11.6. The van der Waals surface area contributed by atoms with E-state index >= 15 is 0 Å². The highest BCUT2D eigenvalue weighted by Gasteiger charge is 2.19. The number of rotatable bonds is 2. The zero-order valence-electron chi connectivity index (χ0n) is 10.0. The van der Waals surface area contributed by atoms with Crippen molar-refractivity contribution in [2.75, 3.05) is 26.2 Å². The maximum atomic E-state index is 6.27. The molecular weight excluding hydrogens is 255 g/mol. The standard InChI is InChI=1S/C13H18Cl2N2/c1-10(17-8-3-6-16-7-9-17)11-4-2-5-12(14)13(11)15/h2,4-5,10,16H,3,6-9H2,1H3. The van der Waals surface area contributed by atoms with E-state index < -0.39 is 0 Å². The summed E-state index contributed by atoms with van der Waals surface area (Å²) in [5.41, 5.74) is 1.13. The topological polar surface area (TPSA) is 15.3 Å². The van der Waals surface area contributed by atoms with Gasteiger partial charge in [-0.3, -0.25) is 4.90 Å². The Labute approximate surface area is 113 Å². The van der Waals surface area contributed by atoms with E-state index in [1.54, 1.807) is 0 Å². The Balaban J connectivity index is 2.17. The molecule has 0 radical (unpaired) electrons. The van der Waals surface area contributed by atoms with E-state index in [1.165, 1.54) is 6.42 Å². The highest BCUT2D eigenvalue weighted by atomic mass is 35.5. The lowest BCUT2D eigenvalue weighted by Crippen LogP contribution is -2.30. The fourth-order valence-electron chi connectivity index (χ4n) is 2.29. The van der Waals surface area contributed by atoms with Gasteiger partial charge in [0.05, 0.1) is 10.0 Å². The highest BCUT2D eigenvalue weighted by molar-refractivity contribution is 6.42. The van der Waals surface area contributed by atoms with Crippen molar-refractivity contribution in [2.24, 2.45) is 0 Å². The molecule has 94 valence electrons. The summed E-state index contributed by atoms with van der Waals surface area (Å²) in [6.45, 7) is 6.51. The molecule has 1 saturated heterocycles. The molecule has 0 saturated carbocycles. The minimum absolute atomic E-state index is 0.320. The number of benzene rings is 1. The largest absolute Gasteiger partial charge is 0.315 e. The lowest BCUT2D eigenvalue weighted by Gasteiger charge is -2.28. The van der Waals surface area contributed by atoms with E-state index in [9.17, 15) is 0 Å². The SMILES string of the molecule is CC(c1cccc(Cl)c1Cl)N1CCCNCC1. The zero-order chi connectivity index (χ0) is 12.3. The van der Waals surface area contributed by atoms with Gasteiger partial charge in [0.1, 0.15) is 0 Å². The maximum Gasteiger partial charge on any atom is 0.0640 e. The average Bonchev–Trinajstić information content (AvgIpc) is 2.60. The molecule has 0 spiro atoms. The van der Waals surface area contributed by atoms with Crippen molar-refractivity contribution in [1.29, 1.82) is 0 Å². The monoisotopic (exact) mass is 272 g/mol. The van der Waals surface area contributed by atoms with E-state index in [0.717, 1.165) is 31.7 Å². The molecule has 1 aromatic rings. The van der Waals surface area contributed by atoms with Gasteiger partial charge in [0.25, 0.3) is 0 Å². The summed E-state index contributed by atoms with van der Waals surface area (Å²) in [6, 6.07) is 6.19. The molecule has 2 nitrogen and oxygen atoms in total. The normalized spacial score (nSPS) is 19.9. The molecule has 1 aliphatic rings. The Morgan fingerprint density at radius 1 is 1.24 bits per heavy atom. The molecule has 1 N–H and O–H groups in total. The second-order valence-electron chi connectivity index (χ2n) is 4.46. The van der Waals surface area contributed by atoms with Crippen LogP contribution in [-0.4, -0.2) is 31.1 Å². The van der Waals surface area contributed by atoms with Crippen LogP contribution in [0, 0.1) is 0 Å². The first-order valence-electron chi connectivity index (χ1n) is 6.09. The summed E-state index contributed by atoms with van der Waals surface area (Å²) in [5, 5.41) is 4.74. The third-order valence-electron chi connectivity index (χ3n) is 3.35. The van der Waals surface area contributed by atoms with Crippen LogP contribution in [0.1, 0.15) is 24.9 Å². The van der Waals surface area contributed by atoms with Gasteiger partial charge in [-0.15, -0.1) is 0 Å². The summed E-state index contributed by atoms with van der Waals surface area (Å²) in [5.74, 6) is 0. The Morgan fingerprint density at radius 3 is 2.88 bits per heavy atom. The van der Waals surface area contributed by atoms with Gasteiger partial charge in [0.15, 0.2) is 0 Å². The van der Waals surface area contributed by atoms with Crippen molar-refractivity contribution in [1.82, 2.24) is 10.2 Å². The molecular formula is C13H18Cl2N2. The summed E-state index contributed by atoms with van der Waals surface area (Å²) in [6.07, 6.45) is 1.18. The van der Waals surface area contributed by atoms with Crippen LogP contribution >= 0.6 is 23.2 Å². The van der Waals surface area contributed by atoms with Crippen molar-refractivity contribution >= 4 is 23.2 Å². The number of nitrogens with zero attached hydrogens (tertiary/aromatic N) is 1. The molecule has 1 aliphatic heterocycles. The van der Waals surface area contributed by atoms with Crippen LogP contribution in [0.3, 0.4) is 0 Å². The van der Waals surface area contributed by atoms with E-state index in [4.69, 9.17) is 23.2 Å². The van der Waals surface area contributed by atoms with Crippen LogP contribution in [-0.2, 0) is 0 Å². The molecule has 1 heterocycles. The van der Waals surface area contributed by atoms with Gasteiger partial charge in [-0.2, -0.15) is 0 Å². The minimum atomic E-state index is 0.320. The first kappa shape index (κ1) is 13.2. The lowest BCUT2D eigenvalue weighted by molar-refractivity contribution is 0.225. The van der Waals surface area contributed by atoms with Gasteiger partial charge in [0.2, 0.25) is 0 Å². The quantitative estimate of drug-likeness (QED) is 0.889. The van der Waals surface area contributed by atoms with E-state index in [1.807, 2.05) is 12.1 Å². The first-order valence-corrected chi connectivity index (χ1v) is 6.84. The molecule has 2 rings (SSSR count). The molecule has 1 unspecified atom stereocenters. The highest BCUT2D eigenvalue weighted by Crippen LogP contribution is 2.32. The van der Waals surface area contributed by atoms with Crippen LogP contribution in [0.5, 0.6) is 0 Å². The molecule has 1 fully saturated rings. The van der Waals surface area contributed by atoms with Crippen molar-refractivity contribution in [3.05, 3.63) is 33.8 Å². The third-order valence-corrected chi connectivity index (χ3v) is 4.19. The van der Waals surface area contributed by atoms with Crippen LogP contribution < -0.4 is 5.32 Å². The van der Waals surface area contributed by atoms with Crippen LogP contribution in [0.25, 0.3) is 0 Å². The smallest absolute Gasteiger partial charge is 0.0640 e. The molecule has 1 atom stereocenters. The number of nitrogens with one attached hydrogen (secondary N) is 1. The van der Waals surface area contributed by atoms with Crippen LogP contribution in [0.15, 0.2) is 18.2 Å². The maximum absolute atomic E-state index is 6.27. The Morgan fingerprint density at radius 2 is 2.06 bits per heavy atom. The van der Waals surface area contributed by atoms with E-state index in [2.05, 4.69) is 23.2 Å². The van der Waals surface area contributed by atoms with Gasteiger partial charge in [-0.25, -0.2) is 0 Å². The Hall–Kier alpha value is -0.280. The molecule has 0 bridgehead atoms. The van der Waals surface area contributed by atoms with Crippen molar-refractivity contribution < 1.29 is 0 Å². The summed E-state index contributed by atoms with van der Waals surface area (Å²) in [4.78, 5) is 2.46. The fourth-order valence-corrected chi connectivity index (χ4v) is 2.76. The minimum Gasteiger partial charge on any atom is -0.315 e. The van der Waals surface area contributed by atoms with Crippen molar-refractivity contribution in [2.45, 2.75) is 19.4 Å². The molecule has 0 aliphatic carbocycles. The van der Waals surface area contributed by atoms with Gasteiger partial charge in [-0.05, 0) is 38.1 Å². The Kier molecular flexibility index (Phi) is 4.69. The van der Waals surface area contributed by atoms with Gasteiger partial charge < -0.3 is 5.32 Å². The van der Waals surface area contributed by atoms with E-state index in [-0.39, 0.29) is 0 Å². The second kappa shape index (κ2) is 6.05. The third kappa shape index (κ3) is 3.14. The van der Waals surface area contributed by atoms with Gasteiger partial charge in [0, 0.05) is 19.1 Å². The van der Waals surface area contributed by atoms with Crippen LogP contribution in [0.2, 0.25) is 10.0 Å². The van der Waals surface area contributed by atoms with Crippen molar-refractivity contribution in [3.63, 3.8) is 0 Å². The van der Waals surface area contributed by atoms with Gasteiger partial charge in [-0.1, -0.05) is 35.3 Å². The average molecular weight is 273 g/mol. The van der Waals surface area contributed by atoms with E-state index in [0.29, 0.717) is 16.1 Å². The van der Waals surface area contributed by atoms with Crippen molar-refractivity contribution in [3.8, 4) is 0 Å². The summed E-state index contributed by atoms with van der Waals surface area (Å²) >= 11 is 12.3. The summed E-state index contributed by atoms with van der Waals surface area (Å²) < 4.78 is 0. The summed E-state index contributed by atoms with van der Waals surface area (Å²) in [7, 11) is 0. The van der Waals surface area contributed by atoms with Crippen LogP contribution in [0.4, 0.5) is 0 Å². The second-order valence-corrected chi connectivity index (χ2v) is 5.24. The molecule has 17 heavy (non-hydrogen) atoms. The molecule has 4 heteroatoms. The number of hydrogen-bond acceptors (Lipinski definition) is 2. The lowest BCUT2D eigenvalue weighted by atomic mass is 10.1. The number of hydrogen-bond donors (Lipinski definition) is 1. The first-order chi connectivity index (χ1) is 8.20. The Bertz CT molecular complexity index is 374. The predicted octanol–water partition coefficient (Wildman–Crippen LogP) is 3.35. The van der Waals surface area contributed by atoms with Gasteiger partial charge >= 0.3 is 0 Å². The fraction of sp³-hybridized carbons (Fsp3) is 0.538. The molecule has 0 amide bonds. The molecule has 0 aromatic heterocycles.